The average molecular weight is 303 g/mol. The Kier molecular flexibility index (Phi) is 7.90. The number of nitrogens with one attached hydrogen (secondary N) is 1. The van der Waals surface area contributed by atoms with Crippen molar-refractivity contribution in [3.05, 3.63) is 0 Å². The number of halogens is 1. The summed E-state index contributed by atoms with van der Waals surface area (Å²) in [6, 6.07) is 0.539. The molecule has 1 saturated carbocycles. The van der Waals surface area contributed by atoms with E-state index >= 15 is 0 Å². The molecule has 1 N–H and O–H groups in total. The summed E-state index contributed by atoms with van der Waals surface area (Å²) in [7, 11) is 0. The smallest absolute Gasteiger partial charge is 0.222 e. The van der Waals surface area contributed by atoms with Crippen LogP contribution in [0.4, 0.5) is 0 Å². The van der Waals surface area contributed by atoms with Crippen molar-refractivity contribution < 1.29 is 4.79 Å². The molecule has 1 saturated heterocycles. The number of amides is 1. The van der Waals surface area contributed by atoms with Gasteiger partial charge in [0.25, 0.3) is 0 Å². The molecule has 2 rings (SSSR count). The third kappa shape index (κ3) is 5.25. The van der Waals surface area contributed by atoms with Crippen LogP contribution in [0.15, 0.2) is 0 Å². The lowest BCUT2D eigenvalue weighted by Gasteiger charge is -2.31. The first kappa shape index (κ1) is 17.8. The first-order valence-electron chi connectivity index (χ1n) is 8.17. The van der Waals surface area contributed by atoms with Crippen molar-refractivity contribution in [2.75, 3.05) is 19.6 Å². The molecule has 118 valence electrons. The summed E-state index contributed by atoms with van der Waals surface area (Å²) in [6.45, 7) is 7.64. The van der Waals surface area contributed by atoms with Crippen LogP contribution in [-0.4, -0.2) is 36.5 Å². The summed E-state index contributed by atoms with van der Waals surface area (Å²) in [4.78, 5) is 14.7. The van der Waals surface area contributed by atoms with Crippen LogP contribution in [0.1, 0.15) is 58.8 Å². The van der Waals surface area contributed by atoms with E-state index in [9.17, 15) is 4.79 Å². The van der Waals surface area contributed by atoms with E-state index in [-0.39, 0.29) is 12.4 Å². The van der Waals surface area contributed by atoms with Gasteiger partial charge in [-0.15, -0.1) is 12.4 Å². The molecule has 4 heteroatoms. The summed E-state index contributed by atoms with van der Waals surface area (Å²) >= 11 is 0. The lowest BCUT2D eigenvalue weighted by Crippen LogP contribution is -2.41. The first-order valence-corrected chi connectivity index (χ1v) is 8.17. The topological polar surface area (TPSA) is 32.3 Å². The predicted octanol–water partition coefficient (Wildman–Crippen LogP) is 3.23. The third-order valence-corrected chi connectivity index (χ3v) is 4.58. The highest BCUT2D eigenvalue weighted by Crippen LogP contribution is 2.26. The number of hydrogen-bond acceptors (Lipinski definition) is 2. The monoisotopic (exact) mass is 302 g/mol. The van der Waals surface area contributed by atoms with E-state index in [2.05, 4.69) is 24.1 Å². The van der Waals surface area contributed by atoms with Crippen molar-refractivity contribution in [2.24, 2.45) is 11.8 Å². The molecule has 3 nitrogen and oxygen atoms in total. The van der Waals surface area contributed by atoms with Gasteiger partial charge in [-0.3, -0.25) is 4.79 Å². The highest BCUT2D eigenvalue weighted by atomic mass is 35.5. The number of carbonyl (C=O) groups excluding carboxylic acids is 1. The molecular formula is C16H31ClN2O. The number of rotatable bonds is 6. The minimum Gasteiger partial charge on any atom is -0.339 e. The lowest BCUT2D eigenvalue weighted by atomic mass is 10.0. The summed E-state index contributed by atoms with van der Waals surface area (Å²) in [6.07, 6.45) is 8.15. The molecule has 1 atom stereocenters. The minimum absolute atomic E-state index is 0. The predicted molar refractivity (Wildman–Crippen MR) is 86.3 cm³/mol. The molecule has 2 aliphatic rings. The van der Waals surface area contributed by atoms with Gasteiger partial charge in [-0.25, -0.2) is 0 Å². The van der Waals surface area contributed by atoms with Gasteiger partial charge >= 0.3 is 0 Å². The second-order valence-corrected chi connectivity index (χ2v) is 6.78. The maximum Gasteiger partial charge on any atom is 0.222 e. The van der Waals surface area contributed by atoms with Crippen LogP contribution in [0.25, 0.3) is 0 Å². The zero-order valence-electron chi connectivity index (χ0n) is 13.1. The normalized spacial score (nSPS) is 23.1. The fourth-order valence-electron chi connectivity index (χ4n) is 3.50. The number of hydrogen-bond donors (Lipinski definition) is 1. The van der Waals surface area contributed by atoms with Gasteiger partial charge in [0.1, 0.15) is 0 Å². The second-order valence-electron chi connectivity index (χ2n) is 6.78. The highest BCUT2D eigenvalue weighted by Gasteiger charge is 2.27. The molecule has 0 radical (unpaired) electrons. The Morgan fingerprint density at radius 2 is 1.95 bits per heavy atom. The van der Waals surface area contributed by atoms with E-state index < -0.39 is 0 Å². The maximum atomic E-state index is 12.5. The van der Waals surface area contributed by atoms with Gasteiger partial charge in [0.2, 0.25) is 5.91 Å². The molecule has 20 heavy (non-hydrogen) atoms. The van der Waals surface area contributed by atoms with Gasteiger partial charge in [-0.2, -0.15) is 0 Å². The van der Waals surface area contributed by atoms with Crippen LogP contribution in [0.2, 0.25) is 0 Å². The SMILES string of the molecule is CC(C)CN(C(=O)CCC1CCNC1)C1CCCC1.Cl. The van der Waals surface area contributed by atoms with E-state index in [1.165, 1.54) is 32.1 Å². The molecular weight excluding hydrogens is 272 g/mol. The van der Waals surface area contributed by atoms with Gasteiger partial charge < -0.3 is 10.2 Å². The third-order valence-electron chi connectivity index (χ3n) is 4.58. The van der Waals surface area contributed by atoms with Crippen molar-refractivity contribution in [1.29, 1.82) is 0 Å². The summed E-state index contributed by atoms with van der Waals surface area (Å²) in [5.41, 5.74) is 0. The van der Waals surface area contributed by atoms with Crippen molar-refractivity contribution in [3.8, 4) is 0 Å². The van der Waals surface area contributed by atoms with Gasteiger partial charge in [0.15, 0.2) is 0 Å². The molecule has 0 aromatic carbocycles. The van der Waals surface area contributed by atoms with E-state index in [0.717, 1.165) is 38.4 Å². The standard InChI is InChI=1S/C16H30N2O.ClH/c1-13(2)12-18(15-5-3-4-6-15)16(19)8-7-14-9-10-17-11-14;/h13-15,17H,3-12H2,1-2H3;1H. The molecule has 2 fully saturated rings. The maximum absolute atomic E-state index is 12.5. The van der Waals surface area contributed by atoms with Crippen LogP contribution in [0.3, 0.4) is 0 Å². The Labute approximate surface area is 130 Å². The molecule has 0 aromatic heterocycles. The van der Waals surface area contributed by atoms with E-state index in [0.29, 0.717) is 17.9 Å². The van der Waals surface area contributed by atoms with E-state index in [1.54, 1.807) is 0 Å². The Morgan fingerprint density at radius 3 is 2.50 bits per heavy atom. The number of nitrogens with zero attached hydrogens (tertiary/aromatic N) is 1. The fourth-order valence-corrected chi connectivity index (χ4v) is 3.50. The molecule has 1 amide bonds. The Morgan fingerprint density at radius 1 is 1.25 bits per heavy atom. The Bertz CT molecular complexity index is 284. The molecule has 1 heterocycles. The quantitative estimate of drug-likeness (QED) is 0.817. The summed E-state index contributed by atoms with van der Waals surface area (Å²) in [5.74, 6) is 1.72. The number of carbonyl (C=O) groups is 1. The lowest BCUT2D eigenvalue weighted by molar-refractivity contribution is -0.134. The van der Waals surface area contributed by atoms with Crippen molar-refractivity contribution in [2.45, 2.75) is 64.8 Å². The summed E-state index contributed by atoms with van der Waals surface area (Å²) in [5, 5.41) is 3.39. The highest BCUT2D eigenvalue weighted by molar-refractivity contribution is 5.85. The zero-order valence-corrected chi connectivity index (χ0v) is 13.9. The van der Waals surface area contributed by atoms with Gasteiger partial charge in [0.05, 0.1) is 0 Å². The minimum atomic E-state index is 0. The van der Waals surface area contributed by atoms with Gasteiger partial charge in [-0.1, -0.05) is 26.7 Å². The Balaban J connectivity index is 0.00000200. The second kappa shape index (κ2) is 8.89. The van der Waals surface area contributed by atoms with Crippen molar-refractivity contribution in [1.82, 2.24) is 10.2 Å². The van der Waals surface area contributed by atoms with Crippen molar-refractivity contribution >= 4 is 18.3 Å². The van der Waals surface area contributed by atoms with E-state index in [4.69, 9.17) is 0 Å². The average Bonchev–Trinajstić information content (AvgIpc) is 3.05. The summed E-state index contributed by atoms with van der Waals surface area (Å²) < 4.78 is 0. The molecule has 0 spiro atoms. The molecule has 0 bridgehead atoms. The molecule has 1 unspecified atom stereocenters. The molecule has 0 aromatic rings. The van der Waals surface area contributed by atoms with Crippen LogP contribution in [-0.2, 0) is 4.79 Å². The first-order chi connectivity index (χ1) is 9.16. The van der Waals surface area contributed by atoms with Crippen LogP contribution >= 0.6 is 12.4 Å². The van der Waals surface area contributed by atoms with Crippen LogP contribution < -0.4 is 5.32 Å². The molecule has 1 aliphatic heterocycles. The largest absolute Gasteiger partial charge is 0.339 e. The Hall–Kier alpha value is -0.280. The molecule has 1 aliphatic carbocycles. The van der Waals surface area contributed by atoms with Crippen LogP contribution in [0, 0.1) is 11.8 Å². The van der Waals surface area contributed by atoms with E-state index in [1.807, 2.05) is 0 Å². The van der Waals surface area contributed by atoms with Gasteiger partial charge in [0, 0.05) is 19.0 Å². The van der Waals surface area contributed by atoms with Gasteiger partial charge in [-0.05, 0) is 50.6 Å². The van der Waals surface area contributed by atoms with Crippen molar-refractivity contribution in [3.63, 3.8) is 0 Å². The fraction of sp³-hybridized carbons (Fsp3) is 0.938. The zero-order chi connectivity index (χ0) is 13.7. The van der Waals surface area contributed by atoms with Crippen LogP contribution in [0.5, 0.6) is 0 Å².